The van der Waals surface area contributed by atoms with Gasteiger partial charge in [-0.05, 0) is 35.4 Å². The predicted octanol–water partition coefficient (Wildman–Crippen LogP) is 5.15. The maximum Gasteiger partial charge on any atom is 0.416 e. The Hall–Kier alpha value is -3.13. The minimum absolute atomic E-state index is 0.198. The Morgan fingerprint density at radius 2 is 1.77 bits per heavy atom. The number of rotatable bonds is 5. The topological polar surface area (TPSA) is 47.8 Å². The third kappa shape index (κ3) is 4.38. The highest BCUT2D eigenvalue weighted by Crippen LogP contribution is 2.31. The molecule has 0 N–H and O–H groups in total. The van der Waals surface area contributed by atoms with Gasteiger partial charge in [0.15, 0.2) is 5.16 Å². The van der Waals surface area contributed by atoms with Gasteiger partial charge in [0.2, 0.25) is 0 Å². The average Bonchev–Trinajstić information content (AvgIpc) is 2.75. The van der Waals surface area contributed by atoms with Crippen molar-refractivity contribution in [3.63, 3.8) is 0 Å². The van der Waals surface area contributed by atoms with Gasteiger partial charge in [0.1, 0.15) is 0 Å². The Morgan fingerprint density at radius 3 is 2.53 bits per heavy atom. The van der Waals surface area contributed by atoms with E-state index in [2.05, 4.69) is 9.97 Å². The smallest absolute Gasteiger partial charge is 0.283 e. The van der Waals surface area contributed by atoms with E-state index in [0.717, 1.165) is 17.7 Å². The molecule has 0 aliphatic heterocycles. The molecule has 4 aromatic rings. The van der Waals surface area contributed by atoms with Crippen molar-refractivity contribution in [2.75, 3.05) is 0 Å². The van der Waals surface area contributed by atoms with Crippen LogP contribution in [0, 0.1) is 0 Å². The lowest BCUT2D eigenvalue weighted by atomic mass is 10.1. The summed E-state index contributed by atoms with van der Waals surface area (Å²) in [5, 5.41) is 0.935. The molecule has 0 saturated heterocycles. The first kappa shape index (κ1) is 20.2. The second-order valence-corrected chi connectivity index (χ2v) is 7.59. The van der Waals surface area contributed by atoms with Gasteiger partial charge in [0, 0.05) is 18.1 Å². The van der Waals surface area contributed by atoms with Crippen LogP contribution in [0.25, 0.3) is 10.9 Å². The van der Waals surface area contributed by atoms with Gasteiger partial charge in [-0.1, -0.05) is 48.2 Å². The number of hydrogen-bond donors (Lipinski definition) is 0. The van der Waals surface area contributed by atoms with E-state index >= 15 is 0 Å². The molecule has 4 rings (SSSR count). The van der Waals surface area contributed by atoms with Crippen LogP contribution in [0.4, 0.5) is 13.2 Å². The Kier molecular flexibility index (Phi) is 5.59. The van der Waals surface area contributed by atoms with Crippen molar-refractivity contribution in [2.24, 2.45) is 0 Å². The zero-order valence-electron chi connectivity index (χ0n) is 15.6. The van der Waals surface area contributed by atoms with Crippen molar-refractivity contribution in [3.8, 4) is 0 Å². The fourth-order valence-electron chi connectivity index (χ4n) is 3.06. The highest BCUT2D eigenvalue weighted by atomic mass is 32.2. The summed E-state index contributed by atoms with van der Waals surface area (Å²) in [7, 11) is 0. The normalized spacial score (nSPS) is 11.7. The van der Waals surface area contributed by atoms with E-state index in [1.165, 1.54) is 22.4 Å². The highest BCUT2D eigenvalue weighted by Gasteiger charge is 2.30. The summed E-state index contributed by atoms with van der Waals surface area (Å²) in [5.74, 6) is 0.252. The second-order valence-electron chi connectivity index (χ2n) is 6.65. The van der Waals surface area contributed by atoms with Crippen molar-refractivity contribution in [2.45, 2.75) is 23.6 Å². The second kappa shape index (κ2) is 8.31. The van der Waals surface area contributed by atoms with E-state index in [0.29, 0.717) is 21.6 Å². The molecule has 2 aromatic carbocycles. The van der Waals surface area contributed by atoms with Crippen LogP contribution in [0.15, 0.2) is 83.0 Å². The molecule has 2 heterocycles. The summed E-state index contributed by atoms with van der Waals surface area (Å²) in [6, 6.07) is 15.8. The molecule has 0 unspecified atom stereocenters. The number of alkyl halides is 3. The molecule has 0 radical (unpaired) electrons. The SMILES string of the molecule is O=c1c2ccccc2nc(SCc2cccc(C(F)(F)F)c2)n1Cc1cccnc1. The largest absolute Gasteiger partial charge is 0.416 e. The third-order valence-electron chi connectivity index (χ3n) is 4.51. The molecular weight excluding hydrogens is 411 g/mol. The number of halogens is 3. The zero-order chi connectivity index (χ0) is 21.1. The van der Waals surface area contributed by atoms with Crippen LogP contribution in [0.2, 0.25) is 0 Å². The number of aromatic nitrogens is 3. The quantitative estimate of drug-likeness (QED) is 0.326. The van der Waals surface area contributed by atoms with Gasteiger partial charge < -0.3 is 0 Å². The van der Waals surface area contributed by atoms with Gasteiger partial charge in [-0.3, -0.25) is 14.3 Å². The number of pyridine rings is 1. The van der Waals surface area contributed by atoms with Gasteiger partial charge >= 0.3 is 6.18 Å². The van der Waals surface area contributed by atoms with Crippen molar-refractivity contribution in [1.82, 2.24) is 14.5 Å². The van der Waals surface area contributed by atoms with Crippen molar-refractivity contribution < 1.29 is 13.2 Å². The van der Waals surface area contributed by atoms with Crippen molar-refractivity contribution >= 4 is 22.7 Å². The van der Waals surface area contributed by atoms with Gasteiger partial charge in [-0.2, -0.15) is 13.2 Å². The molecular formula is C22H16F3N3OS. The molecule has 0 aliphatic rings. The Morgan fingerprint density at radius 1 is 0.967 bits per heavy atom. The van der Waals surface area contributed by atoms with E-state index < -0.39 is 11.7 Å². The van der Waals surface area contributed by atoms with Crippen LogP contribution in [-0.2, 0) is 18.5 Å². The van der Waals surface area contributed by atoms with Gasteiger partial charge in [0.05, 0.1) is 23.0 Å². The number of nitrogens with zero attached hydrogens (tertiary/aromatic N) is 3. The van der Waals surface area contributed by atoms with Crippen LogP contribution < -0.4 is 5.56 Å². The number of benzene rings is 2. The summed E-state index contributed by atoms with van der Waals surface area (Å²) in [6.07, 6.45) is -1.08. The Balaban J connectivity index is 1.71. The molecule has 152 valence electrons. The first-order valence-electron chi connectivity index (χ1n) is 9.09. The first-order chi connectivity index (χ1) is 14.4. The van der Waals surface area contributed by atoms with Gasteiger partial charge in [-0.25, -0.2) is 4.98 Å². The molecule has 4 nitrogen and oxygen atoms in total. The standard InChI is InChI=1S/C22H16F3N3OS/c23-22(24,25)17-7-3-5-15(11-17)14-30-21-27-19-9-2-1-8-18(19)20(29)28(21)13-16-6-4-10-26-12-16/h1-12H,13-14H2. The summed E-state index contributed by atoms with van der Waals surface area (Å²) in [4.78, 5) is 21.8. The number of fused-ring (bicyclic) bond motifs is 1. The number of hydrogen-bond acceptors (Lipinski definition) is 4. The van der Waals surface area contributed by atoms with Crippen LogP contribution in [-0.4, -0.2) is 14.5 Å². The fourth-order valence-corrected chi connectivity index (χ4v) is 4.00. The van der Waals surface area contributed by atoms with Gasteiger partial charge in [0.25, 0.3) is 5.56 Å². The van der Waals surface area contributed by atoms with E-state index in [-0.39, 0.29) is 17.9 Å². The van der Waals surface area contributed by atoms with E-state index in [4.69, 9.17) is 0 Å². The maximum atomic E-state index is 13.1. The predicted molar refractivity (Wildman–Crippen MR) is 110 cm³/mol. The summed E-state index contributed by atoms with van der Waals surface area (Å²) in [5.41, 5.74) is 0.995. The van der Waals surface area contributed by atoms with Crippen LogP contribution in [0.1, 0.15) is 16.7 Å². The van der Waals surface area contributed by atoms with E-state index in [1.54, 1.807) is 48.8 Å². The van der Waals surface area contributed by atoms with Crippen molar-refractivity contribution in [1.29, 1.82) is 0 Å². The molecule has 2 aromatic heterocycles. The van der Waals surface area contributed by atoms with E-state index in [9.17, 15) is 18.0 Å². The monoisotopic (exact) mass is 427 g/mol. The number of thioether (sulfide) groups is 1. The lowest BCUT2D eigenvalue weighted by Gasteiger charge is -2.14. The third-order valence-corrected chi connectivity index (χ3v) is 5.56. The summed E-state index contributed by atoms with van der Waals surface area (Å²) in [6.45, 7) is 0.273. The molecule has 30 heavy (non-hydrogen) atoms. The van der Waals surface area contributed by atoms with Gasteiger partial charge in [-0.15, -0.1) is 0 Å². The summed E-state index contributed by atoms with van der Waals surface area (Å²) < 4.78 is 40.5. The van der Waals surface area contributed by atoms with Crippen molar-refractivity contribution in [3.05, 3.63) is 100 Å². The van der Waals surface area contributed by atoms with Crippen LogP contribution in [0.5, 0.6) is 0 Å². The molecule has 0 atom stereocenters. The van der Waals surface area contributed by atoms with E-state index in [1.807, 2.05) is 6.07 Å². The molecule has 0 spiro atoms. The Bertz CT molecular complexity index is 1240. The molecule has 0 saturated carbocycles. The highest BCUT2D eigenvalue weighted by molar-refractivity contribution is 7.98. The fraction of sp³-hybridized carbons (Fsp3) is 0.136. The average molecular weight is 427 g/mol. The van der Waals surface area contributed by atoms with Crippen LogP contribution >= 0.6 is 11.8 Å². The molecule has 0 aliphatic carbocycles. The van der Waals surface area contributed by atoms with Crippen LogP contribution in [0.3, 0.4) is 0 Å². The minimum Gasteiger partial charge on any atom is -0.283 e. The molecule has 0 amide bonds. The first-order valence-corrected chi connectivity index (χ1v) is 10.1. The lowest BCUT2D eigenvalue weighted by molar-refractivity contribution is -0.137. The zero-order valence-corrected chi connectivity index (χ0v) is 16.5. The maximum absolute atomic E-state index is 13.1. The molecule has 8 heteroatoms. The summed E-state index contributed by atoms with van der Waals surface area (Å²) >= 11 is 1.23. The minimum atomic E-state index is -4.40. The molecule has 0 fully saturated rings. The Labute approximate surface area is 174 Å². The lowest BCUT2D eigenvalue weighted by Crippen LogP contribution is -2.24. The molecule has 0 bridgehead atoms. The number of para-hydroxylation sites is 1.